The molecule has 6 nitrogen and oxygen atoms in total. The lowest BCUT2D eigenvalue weighted by Gasteiger charge is -2.18. The predicted octanol–water partition coefficient (Wildman–Crippen LogP) is 2.85. The van der Waals surface area contributed by atoms with Crippen LogP contribution in [-0.4, -0.2) is 17.9 Å². The van der Waals surface area contributed by atoms with Crippen LogP contribution >= 0.6 is 0 Å². The number of carbonyl (C=O) groups excluding carboxylic acids is 2. The first kappa shape index (κ1) is 16.1. The summed E-state index contributed by atoms with van der Waals surface area (Å²) in [6.45, 7) is 1.87. The van der Waals surface area contributed by atoms with Crippen molar-refractivity contribution < 1.29 is 14.0 Å². The van der Waals surface area contributed by atoms with Crippen molar-refractivity contribution in [3.8, 4) is 0 Å². The smallest absolute Gasteiger partial charge is 0.336 e. The number of anilines is 2. The molecule has 2 heterocycles. The summed E-state index contributed by atoms with van der Waals surface area (Å²) in [5.74, 6) is -0.502. The fourth-order valence-electron chi connectivity index (χ4n) is 3.17. The summed E-state index contributed by atoms with van der Waals surface area (Å²) >= 11 is 0. The third-order valence-electron chi connectivity index (χ3n) is 4.46. The third-order valence-corrected chi connectivity index (χ3v) is 4.46. The van der Waals surface area contributed by atoms with E-state index >= 15 is 0 Å². The molecule has 1 aliphatic rings. The summed E-state index contributed by atoms with van der Waals surface area (Å²) in [6, 6.07) is 14.9. The molecule has 4 rings (SSSR count). The molecule has 0 spiro atoms. The molecule has 1 unspecified atom stereocenters. The van der Waals surface area contributed by atoms with Gasteiger partial charge in [0.05, 0.1) is 12.1 Å². The van der Waals surface area contributed by atoms with Gasteiger partial charge in [0.1, 0.15) is 11.6 Å². The Bertz CT molecular complexity index is 1090. The molecule has 26 heavy (non-hydrogen) atoms. The van der Waals surface area contributed by atoms with E-state index < -0.39 is 11.7 Å². The lowest BCUT2D eigenvalue weighted by atomic mass is 10.1. The summed E-state index contributed by atoms with van der Waals surface area (Å²) in [5, 5.41) is 3.85. The standard InChI is InChI=1S/C20H16N2O4/c1-12-4-2-3-5-16(12)22-18(23)11-15(20(22)25)21-14-7-8-17-13(10-14)6-9-19(24)26-17/h2-10,15,21H,11H2,1H3. The lowest BCUT2D eigenvalue weighted by molar-refractivity contribution is -0.121. The Morgan fingerprint density at radius 3 is 2.65 bits per heavy atom. The summed E-state index contributed by atoms with van der Waals surface area (Å²) in [7, 11) is 0. The first-order valence-electron chi connectivity index (χ1n) is 8.26. The van der Waals surface area contributed by atoms with Gasteiger partial charge in [-0.2, -0.15) is 0 Å². The topological polar surface area (TPSA) is 79.6 Å². The molecular formula is C20H16N2O4. The van der Waals surface area contributed by atoms with E-state index in [0.717, 1.165) is 10.9 Å². The summed E-state index contributed by atoms with van der Waals surface area (Å²) in [6.07, 6.45) is 0.0923. The minimum absolute atomic E-state index is 0.0923. The van der Waals surface area contributed by atoms with Crippen molar-refractivity contribution in [1.29, 1.82) is 0 Å². The Morgan fingerprint density at radius 2 is 1.85 bits per heavy atom. The summed E-state index contributed by atoms with van der Waals surface area (Å²) < 4.78 is 5.10. The van der Waals surface area contributed by atoms with Gasteiger partial charge in [-0.1, -0.05) is 18.2 Å². The first-order chi connectivity index (χ1) is 12.5. The van der Waals surface area contributed by atoms with Crippen LogP contribution in [0.3, 0.4) is 0 Å². The van der Waals surface area contributed by atoms with E-state index in [4.69, 9.17) is 4.42 Å². The molecule has 6 heteroatoms. The second-order valence-electron chi connectivity index (χ2n) is 6.26. The molecule has 1 aromatic heterocycles. The van der Waals surface area contributed by atoms with Crippen LogP contribution in [0.4, 0.5) is 11.4 Å². The second kappa shape index (κ2) is 6.15. The zero-order chi connectivity index (χ0) is 18.3. The number of hydrogen-bond donors (Lipinski definition) is 1. The number of imide groups is 1. The molecule has 1 N–H and O–H groups in total. The van der Waals surface area contributed by atoms with E-state index in [-0.39, 0.29) is 18.2 Å². The molecule has 2 amide bonds. The lowest BCUT2D eigenvalue weighted by Crippen LogP contribution is -2.35. The zero-order valence-electron chi connectivity index (χ0n) is 14.1. The van der Waals surface area contributed by atoms with Gasteiger partial charge in [-0.3, -0.25) is 9.59 Å². The van der Waals surface area contributed by atoms with Gasteiger partial charge in [0.25, 0.3) is 5.91 Å². The predicted molar refractivity (Wildman–Crippen MR) is 98.2 cm³/mol. The zero-order valence-corrected chi connectivity index (χ0v) is 14.1. The van der Waals surface area contributed by atoms with Crippen LogP contribution in [0, 0.1) is 6.92 Å². The quantitative estimate of drug-likeness (QED) is 0.582. The number of aryl methyl sites for hydroxylation is 1. The number of carbonyl (C=O) groups is 2. The Balaban J connectivity index is 1.60. The number of fused-ring (bicyclic) bond motifs is 1. The van der Waals surface area contributed by atoms with E-state index in [0.29, 0.717) is 17.0 Å². The van der Waals surface area contributed by atoms with Crippen LogP contribution < -0.4 is 15.8 Å². The Labute approximate surface area is 149 Å². The molecule has 0 bridgehead atoms. The first-order valence-corrected chi connectivity index (χ1v) is 8.26. The van der Waals surface area contributed by atoms with Crippen molar-refractivity contribution >= 4 is 34.2 Å². The normalized spacial score (nSPS) is 17.1. The highest BCUT2D eigenvalue weighted by Crippen LogP contribution is 2.28. The molecule has 3 aromatic rings. The molecular weight excluding hydrogens is 332 g/mol. The van der Waals surface area contributed by atoms with Gasteiger partial charge < -0.3 is 9.73 Å². The number of nitrogens with zero attached hydrogens (tertiary/aromatic N) is 1. The fourth-order valence-corrected chi connectivity index (χ4v) is 3.17. The number of hydrogen-bond acceptors (Lipinski definition) is 5. The molecule has 1 aliphatic heterocycles. The largest absolute Gasteiger partial charge is 0.423 e. The Morgan fingerprint density at radius 1 is 1.04 bits per heavy atom. The monoisotopic (exact) mass is 348 g/mol. The number of nitrogens with one attached hydrogen (secondary N) is 1. The van der Waals surface area contributed by atoms with Crippen LogP contribution in [0.15, 0.2) is 63.8 Å². The van der Waals surface area contributed by atoms with Crippen molar-refractivity contribution in [2.24, 2.45) is 0 Å². The van der Waals surface area contributed by atoms with Gasteiger partial charge in [-0.05, 0) is 42.8 Å². The average molecular weight is 348 g/mol. The SMILES string of the molecule is Cc1ccccc1N1C(=O)CC(Nc2ccc3oc(=O)ccc3c2)C1=O. The summed E-state index contributed by atoms with van der Waals surface area (Å²) in [5.41, 5.74) is 2.23. The van der Waals surface area contributed by atoms with E-state index in [1.54, 1.807) is 36.4 Å². The second-order valence-corrected chi connectivity index (χ2v) is 6.26. The maximum absolute atomic E-state index is 12.8. The van der Waals surface area contributed by atoms with Crippen molar-refractivity contribution in [1.82, 2.24) is 0 Å². The van der Waals surface area contributed by atoms with Crippen LogP contribution in [0.25, 0.3) is 11.0 Å². The van der Waals surface area contributed by atoms with Crippen molar-refractivity contribution in [3.05, 3.63) is 70.6 Å². The third kappa shape index (κ3) is 2.75. The minimum Gasteiger partial charge on any atom is -0.423 e. The molecule has 0 aliphatic carbocycles. The van der Waals surface area contributed by atoms with E-state index in [1.165, 1.54) is 11.0 Å². The van der Waals surface area contributed by atoms with Crippen LogP contribution in [0.1, 0.15) is 12.0 Å². The number of para-hydroxylation sites is 1. The number of amides is 2. The number of rotatable bonds is 3. The van der Waals surface area contributed by atoms with Crippen molar-refractivity contribution in [2.75, 3.05) is 10.2 Å². The molecule has 2 aromatic carbocycles. The van der Waals surface area contributed by atoms with Gasteiger partial charge in [0, 0.05) is 17.1 Å². The highest BCUT2D eigenvalue weighted by molar-refractivity contribution is 6.23. The van der Waals surface area contributed by atoms with Gasteiger partial charge in [-0.15, -0.1) is 0 Å². The van der Waals surface area contributed by atoms with E-state index in [1.807, 2.05) is 19.1 Å². The van der Waals surface area contributed by atoms with Crippen molar-refractivity contribution in [2.45, 2.75) is 19.4 Å². The van der Waals surface area contributed by atoms with Gasteiger partial charge in [-0.25, -0.2) is 9.69 Å². The minimum atomic E-state index is -0.629. The maximum Gasteiger partial charge on any atom is 0.336 e. The number of benzene rings is 2. The Kier molecular flexibility index (Phi) is 3.80. The van der Waals surface area contributed by atoms with Crippen molar-refractivity contribution in [3.63, 3.8) is 0 Å². The van der Waals surface area contributed by atoms with Gasteiger partial charge in [0.15, 0.2) is 0 Å². The molecule has 1 fully saturated rings. The summed E-state index contributed by atoms with van der Waals surface area (Å²) in [4.78, 5) is 37.7. The van der Waals surface area contributed by atoms with Crippen LogP contribution in [-0.2, 0) is 9.59 Å². The highest BCUT2D eigenvalue weighted by atomic mass is 16.4. The average Bonchev–Trinajstić information content (AvgIpc) is 2.89. The Hall–Kier alpha value is -3.41. The highest BCUT2D eigenvalue weighted by Gasteiger charge is 2.40. The van der Waals surface area contributed by atoms with E-state index in [9.17, 15) is 14.4 Å². The van der Waals surface area contributed by atoms with Gasteiger partial charge in [0.2, 0.25) is 5.91 Å². The molecule has 1 saturated heterocycles. The molecule has 0 radical (unpaired) electrons. The molecule has 0 saturated carbocycles. The van der Waals surface area contributed by atoms with Crippen LogP contribution in [0.2, 0.25) is 0 Å². The van der Waals surface area contributed by atoms with Crippen LogP contribution in [0.5, 0.6) is 0 Å². The van der Waals surface area contributed by atoms with Gasteiger partial charge >= 0.3 is 5.63 Å². The molecule has 130 valence electrons. The van der Waals surface area contributed by atoms with E-state index in [2.05, 4.69) is 5.32 Å². The molecule has 1 atom stereocenters. The fraction of sp³-hybridized carbons (Fsp3) is 0.150. The maximum atomic E-state index is 12.8.